The molecule has 2 atom stereocenters. The summed E-state index contributed by atoms with van der Waals surface area (Å²) in [5, 5.41) is 3.58. The van der Waals surface area contributed by atoms with E-state index < -0.39 is 17.6 Å². The van der Waals surface area contributed by atoms with E-state index in [2.05, 4.69) is 5.32 Å². The fourth-order valence-electron chi connectivity index (χ4n) is 2.52. The van der Waals surface area contributed by atoms with Crippen LogP contribution in [0.5, 0.6) is 0 Å². The number of anilines is 1. The summed E-state index contributed by atoms with van der Waals surface area (Å²) in [6.07, 6.45) is 1.60. The zero-order valence-electron chi connectivity index (χ0n) is 11.1. The van der Waals surface area contributed by atoms with Crippen molar-refractivity contribution in [3.8, 4) is 0 Å². The Bertz CT molecular complexity index is 461. The van der Waals surface area contributed by atoms with Gasteiger partial charge in [0, 0.05) is 11.3 Å². The van der Waals surface area contributed by atoms with E-state index in [1.165, 1.54) is 6.07 Å². The van der Waals surface area contributed by atoms with E-state index in [0.29, 0.717) is 11.3 Å². The minimum Gasteiger partial charge on any atom is -0.380 e. The van der Waals surface area contributed by atoms with Crippen molar-refractivity contribution in [1.29, 1.82) is 0 Å². The van der Waals surface area contributed by atoms with Crippen LogP contribution < -0.4 is 5.32 Å². The molecule has 1 fully saturated rings. The molecule has 1 aromatic carbocycles. The molecule has 0 bridgehead atoms. The summed E-state index contributed by atoms with van der Waals surface area (Å²) in [5.74, 6) is -0.842. The van der Waals surface area contributed by atoms with Gasteiger partial charge in [0.25, 0.3) is 0 Å². The molecular weight excluding hydrogens is 290 g/mol. The highest BCUT2D eigenvalue weighted by atomic mass is 32.2. The molecule has 0 spiro atoms. The fourth-order valence-corrected chi connectivity index (χ4v) is 3.35. The molecule has 0 aromatic heterocycles. The van der Waals surface area contributed by atoms with Crippen LogP contribution in [-0.2, 0) is 6.18 Å². The number of hydrogen-bond donors (Lipinski definition) is 1. The molecule has 112 valence electrons. The van der Waals surface area contributed by atoms with Crippen molar-refractivity contribution in [2.75, 3.05) is 11.6 Å². The second-order valence-corrected chi connectivity index (χ2v) is 6.20. The van der Waals surface area contributed by atoms with Crippen LogP contribution in [0.4, 0.5) is 23.2 Å². The van der Waals surface area contributed by atoms with Crippen molar-refractivity contribution in [2.45, 2.75) is 43.2 Å². The quantitative estimate of drug-likeness (QED) is 0.795. The Labute approximate surface area is 120 Å². The van der Waals surface area contributed by atoms with Crippen molar-refractivity contribution in [1.82, 2.24) is 0 Å². The van der Waals surface area contributed by atoms with E-state index >= 15 is 0 Å². The molecule has 2 unspecified atom stereocenters. The molecule has 0 radical (unpaired) electrons. The van der Waals surface area contributed by atoms with Crippen LogP contribution in [0.3, 0.4) is 0 Å². The fraction of sp³-hybridized carbons (Fsp3) is 0.571. The maximum atomic E-state index is 13.7. The molecule has 0 aliphatic heterocycles. The molecule has 1 N–H and O–H groups in total. The number of hydrogen-bond acceptors (Lipinski definition) is 2. The van der Waals surface area contributed by atoms with Crippen LogP contribution in [0.1, 0.15) is 31.2 Å². The summed E-state index contributed by atoms with van der Waals surface area (Å²) < 4.78 is 51.1. The minimum atomic E-state index is -4.51. The van der Waals surface area contributed by atoms with Gasteiger partial charge in [-0.3, -0.25) is 0 Å². The lowest BCUT2D eigenvalue weighted by molar-refractivity contribution is -0.137. The molecule has 1 saturated carbocycles. The van der Waals surface area contributed by atoms with Crippen molar-refractivity contribution in [3.05, 3.63) is 29.6 Å². The number of alkyl halides is 3. The topological polar surface area (TPSA) is 12.0 Å². The van der Waals surface area contributed by atoms with Gasteiger partial charge in [-0.05, 0) is 43.7 Å². The predicted octanol–water partition coefficient (Wildman–Crippen LogP) is 4.93. The first kappa shape index (κ1) is 15.5. The molecule has 0 amide bonds. The Balaban J connectivity index is 2.06. The van der Waals surface area contributed by atoms with Gasteiger partial charge >= 0.3 is 6.18 Å². The van der Waals surface area contributed by atoms with Gasteiger partial charge in [-0.15, -0.1) is 0 Å². The Morgan fingerprint density at radius 2 is 2.00 bits per heavy atom. The number of rotatable bonds is 3. The molecular formula is C14H17F4NS. The molecule has 1 aliphatic rings. The monoisotopic (exact) mass is 307 g/mol. The van der Waals surface area contributed by atoms with Gasteiger partial charge < -0.3 is 5.32 Å². The van der Waals surface area contributed by atoms with Crippen LogP contribution in [-0.4, -0.2) is 17.5 Å². The van der Waals surface area contributed by atoms with E-state index in [-0.39, 0.29) is 11.7 Å². The molecule has 2 rings (SSSR count). The molecule has 0 heterocycles. The largest absolute Gasteiger partial charge is 0.416 e. The molecule has 6 heteroatoms. The van der Waals surface area contributed by atoms with E-state index in [1.807, 2.05) is 6.26 Å². The third kappa shape index (κ3) is 3.81. The van der Waals surface area contributed by atoms with Crippen LogP contribution >= 0.6 is 11.8 Å². The number of nitrogens with one attached hydrogen (secondary N) is 1. The normalized spacial score (nSPS) is 23.6. The third-order valence-electron chi connectivity index (χ3n) is 3.62. The minimum absolute atomic E-state index is 0.132. The first-order chi connectivity index (χ1) is 9.40. The van der Waals surface area contributed by atoms with Gasteiger partial charge in [0.2, 0.25) is 0 Å². The highest BCUT2D eigenvalue weighted by Crippen LogP contribution is 2.33. The molecule has 0 saturated heterocycles. The first-order valence-corrected chi connectivity index (χ1v) is 7.85. The summed E-state index contributed by atoms with van der Waals surface area (Å²) in [7, 11) is 0. The van der Waals surface area contributed by atoms with Crippen molar-refractivity contribution in [3.63, 3.8) is 0 Å². The summed E-state index contributed by atoms with van der Waals surface area (Å²) in [6.45, 7) is 0. The SMILES string of the molecule is CSC1CCCC(Nc2ccc(C(F)(F)F)cc2F)C1. The highest BCUT2D eigenvalue weighted by molar-refractivity contribution is 7.99. The van der Waals surface area contributed by atoms with Crippen LogP contribution in [0.15, 0.2) is 18.2 Å². The van der Waals surface area contributed by atoms with E-state index in [9.17, 15) is 17.6 Å². The Kier molecular flexibility index (Phi) is 4.83. The van der Waals surface area contributed by atoms with E-state index in [1.54, 1.807) is 11.8 Å². The van der Waals surface area contributed by atoms with Gasteiger partial charge in [0.1, 0.15) is 5.82 Å². The van der Waals surface area contributed by atoms with Gasteiger partial charge in [-0.25, -0.2) is 4.39 Å². The van der Waals surface area contributed by atoms with Gasteiger partial charge in [-0.1, -0.05) is 6.42 Å². The molecule has 20 heavy (non-hydrogen) atoms. The van der Waals surface area contributed by atoms with E-state index in [0.717, 1.165) is 31.7 Å². The van der Waals surface area contributed by atoms with Crippen molar-refractivity contribution in [2.24, 2.45) is 0 Å². The lowest BCUT2D eigenvalue weighted by Gasteiger charge is -2.29. The predicted molar refractivity (Wildman–Crippen MR) is 74.6 cm³/mol. The van der Waals surface area contributed by atoms with Crippen molar-refractivity contribution < 1.29 is 17.6 Å². The summed E-state index contributed by atoms with van der Waals surface area (Å²) >= 11 is 1.79. The Hall–Kier alpha value is -0.910. The van der Waals surface area contributed by atoms with Crippen LogP contribution in [0.2, 0.25) is 0 Å². The number of thioether (sulfide) groups is 1. The smallest absolute Gasteiger partial charge is 0.380 e. The van der Waals surface area contributed by atoms with Gasteiger partial charge in [0.05, 0.1) is 11.3 Å². The lowest BCUT2D eigenvalue weighted by atomic mass is 9.94. The highest BCUT2D eigenvalue weighted by Gasteiger charge is 2.31. The Morgan fingerprint density at radius 3 is 2.60 bits per heavy atom. The molecule has 1 nitrogen and oxygen atoms in total. The van der Waals surface area contributed by atoms with Crippen molar-refractivity contribution >= 4 is 17.4 Å². The van der Waals surface area contributed by atoms with Gasteiger partial charge in [-0.2, -0.15) is 24.9 Å². The third-order valence-corrected chi connectivity index (χ3v) is 4.71. The average molecular weight is 307 g/mol. The van der Waals surface area contributed by atoms with Crippen LogP contribution in [0, 0.1) is 5.82 Å². The van der Waals surface area contributed by atoms with Crippen LogP contribution in [0.25, 0.3) is 0 Å². The summed E-state index contributed by atoms with van der Waals surface area (Å²) in [6, 6.07) is 2.78. The van der Waals surface area contributed by atoms with Gasteiger partial charge in [0.15, 0.2) is 0 Å². The number of benzene rings is 1. The zero-order valence-corrected chi connectivity index (χ0v) is 12.0. The summed E-state index contributed by atoms with van der Waals surface area (Å²) in [4.78, 5) is 0. The first-order valence-electron chi connectivity index (χ1n) is 6.56. The zero-order chi connectivity index (χ0) is 14.8. The lowest BCUT2D eigenvalue weighted by Crippen LogP contribution is -2.28. The molecule has 1 aromatic rings. The number of halogens is 4. The Morgan fingerprint density at radius 1 is 1.25 bits per heavy atom. The second-order valence-electron chi connectivity index (χ2n) is 5.06. The maximum absolute atomic E-state index is 13.7. The maximum Gasteiger partial charge on any atom is 0.416 e. The summed E-state index contributed by atoms with van der Waals surface area (Å²) in [5.41, 5.74) is -0.795. The van der Waals surface area contributed by atoms with E-state index in [4.69, 9.17) is 0 Å². The average Bonchev–Trinajstić information content (AvgIpc) is 2.40. The molecule has 1 aliphatic carbocycles. The second kappa shape index (κ2) is 6.24. The standard InChI is InChI=1S/C14H17F4NS/c1-20-11-4-2-3-10(8-11)19-13-6-5-9(7-12(13)15)14(16,17)18/h5-7,10-11,19H,2-4,8H2,1H3.